The van der Waals surface area contributed by atoms with Gasteiger partial charge in [0.25, 0.3) is 0 Å². The van der Waals surface area contributed by atoms with Crippen molar-refractivity contribution in [2.75, 3.05) is 0 Å². The minimum atomic E-state index is 0.0626. The van der Waals surface area contributed by atoms with Crippen LogP contribution in [0.25, 0.3) is 0 Å². The van der Waals surface area contributed by atoms with Crippen LogP contribution in [0.5, 0.6) is 0 Å². The summed E-state index contributed by atoms with van der Waals surface area (Å²) in [7, 11) is 0. The van der Waals surface area contributed by atoms with E-state index in [0.717, 1.165) is 0 Å². The Labute approximate surface area is 131 Å². The van der Waals surface area contributed by atoms with Crippen LogP contribution in [0.1, 0.15) is 19.4 Å². The predicted octanol–water partition coefficient (Wildman–Crippen LogP) is 5.86. The highest BCUT2D eigenvalue weighted by Crippen LogP contribution is 2.42. The first-order chi connectivity index (χ1) is 10.2. The van der Waals surface area contributed by atoms with E-state index in [-0.39, 0.29) is 5.41 Å². The second-order valence-corrected chi connectivity index (χ2v) is 6.84. The summed E-state index contributed by atoms with van der Waals surface area (Å²) >= 11 is 1.85. The maximum Gasteiger partial charge on any atom is 0.0178 e. The first-order valence-corrected chi connectivity index (χ1v) is 8.20. The van der Waals surface area contributed by atoms with Crippen molar-refractivity contribution in [2.24, 2.45) is 5.92 Å². The average molecular weight is 292 g/mol. The Morgan fingerprint density at radius 2 is 1.62 bits per heavy atom. The molecule has 1 aliphatic rings. The Morgan fingerprint density at radius 3 is 2.38 bits per heavy atom. The van der Waals surface area contributed by atoms with Crippen LogP contribution in [0, 0.1) is 5.92 Å². The lowest BCUT2D eigenvalue weighted by Gasteiger charge is -2.35. The molecule has 0 N–H and O–H groups in total. The van der Waals surface area contributed by atoms with Crippen molar-refractivity contribution >= 4 is 11.8 Å². The van der Waals surface area contributed by atoms with E-state index in [9.17, 15) is 0 Å². The van der Waals surface area contributed by atoms with Gasteiger partial charge in [0.15, 0.2) is 0 Å². The number of hydrogen-bond donors (Lipinski definition) is 0. The lowest BCUT2D eigenvalue weighted by atomic mass is 9.70. The van der Waals surface area contributed by atoms with Gasteiger partial charge < -0.3 is 0 Å². The van der Waals surface area contributed by atoms with Crippen molar-refractivity contribution in [3.8, 4) is 0 Å². The first kappa shape index (κ1) is 14.2. The monoisotopic (exact) mass is 292 g/mol. The molecule has 0 radical (unpaired) electrons. The normalized spacial score (nSPS) is 24.2. The molecule has 0 aromatic heterocycles. The predicted molar refractivity (Wildman–Crippen MR) is 91.8 cm³/mol. The zero-order valence-electron chi connectivity index (χ0n) is 12.5. The molecule has 1 heteroatoms. The van der Waals surface area contributed by atoms with Crippen molar-refractivity contribution in [2.45, 2.75) is 29.1 Å². The van der Waals surface area contributed by atoms with Crippen molar-refractivity contribution in [3.05, 3.63) is 84.5 Å². The van der Waals surface area contributed by atoms with Crippen molar-refractivity contribution in [1.29, 1.82) is 0 Å². The molecule has 21 heavy (non-hydrogen) atoms. The molecule has 0 saturated carbocycles. The largest absolute Gasteiger partial charge is 0.0898 e. The molecule has 2 aromatic carbocycles. The fourth-order valence-electron chi connectivity index (χ4n) is 2.79. The van der Waals surface area contributed by atoms with Gasteiger partial charge in [0.05, 0.1) is 0 Å². The van der Waals surface area contributed by atoms with Crippen LogP contribution in [0.2, 0.25) is 0 Å². The summed E-state index contributed by atoms with van der Waals surface area (Å²) < 4.78 is 0. The molecule has 0 nitrogen and oxygen atoms in total. The second-order valence-electron chi connectivity index (χ2n) is 5.73. The number of rotatable bonds is 3. The highest BCUT2D eigenvalue weighted by molar-refractivity contribution is 7.99. The summed E-state index contributed by atoms with van der Waals surface area (Å²) in [6, 6.07) is 19.4. The summed E-state index contributed by atoms with van der Waals surface area (Å²) in [6.45, 7) is 4.63. The van der Waals surface area contributed by atoms with Gasteiger partial charge in [0.2, 0.25) is 0 Å². The Hall–Kier alpha value is -1.73. The zero-order chi connectivity index (χ0) is 14.7. The zero-order valence-corrected chi connectivity index (χ0v) is 13.3. The Bertz CT molecular complexity index is 669. The van der Waals surface area contributed by atoms with Gasteiger partial charge in [0, 0.05) is 15.2 Å². The quantitative estimate of drug-likeness (QED) is 0.683. The van der Waals surface area contributed by atoms with Gasteiger partial charge in [-0.05, 0) is 29.7 Å². The van der Waals surface area contributed by atoms with Crippen molar-refractivity contribution in [3.63, 3.8) is 0 Å². The van der Waals surface area contributed by atoms with Gasteiger partial charge >= 0.3 is 0 Å². The van der Waals surface area contributed by atoms with Crippen LogP contribution in [0.4, 0.5) is 0 Å². The Kier molecular flexibility index (Phi) is 4.03. The van der Waals surface area contributed by atoms with E-state index < -0.39 is 0 Å². The third-order valence-corrected chi connectivity index (χ3v) is 5.42. The first-order valence-electron chi connectivity index (χ1n) is 7.38. The van der Waals surface area contributed by atoms with Gasteiger partial charge in [0.1, 0.15) is 0 Å². The van der Waals surface area contributed by atoms with Crippen LogP contribution >= 0.6 is 11.8 Å². The SMILES string of the molecule is CC1C=CC=CC1(C)c1ccccc1Sc1ccccc1. The molecular weight excluding hydrogens is 272 g/mol. The topological polar surface area (TPSA) is 0 Å². The van der Waals surface area contributed by atoms with E-state index in [1.807, 2.05) is 11.8 Å². The number of allylic oxidation sites excluding steroid dienone is 4. The fourth-order valence-corrected chi connectivity index (χ4v) is 3.88. The van der Waals surface area contributed by atoms with Crippen LogP contribution in [0.3, 0.4) is 0 Å². The van der Waals surface area contributed by atoms with Crippen molar-refractivity contribution in [1.82, 2.24) is 0 Å². The maximum atomic E-state index is 2.34. The van der Waals surface area contributed by atoms with Crippen LogP contribution in [-0.4, -0.2) is 0 Å². The van der Waals surface area contributed by atoms with E-state index in [0.29, 0.717) is 5.92 Å². The van der Waals surface area contributed by atoms with E-state index in [1.54, 1.807) is 0 Å². The molecule has 0 bridgehead atoms. The van der Waals surface area contributed by atoms with E-state index in [4.69, 9.17) is 0 Å². The summed E-state index contributed by atoms with van der Waals surface area (Å²) in [5, 5.41) is 0. The summed E-state index contributed by atoms with van der Waals surface area (Å²) in [5.41, 5.74) is 1.47. The third kappa shape index (κ3) is 2.84. The minimum Gasteiger partial charge on any atom is -0.0898 e. The van der Waals surface area contributed by atoms with Gasteiger partial charge in [-0.15, -0.1) is 0 Å². The standard InChI is InChI=1S/C20H20S/c1-16-10-8-9-15-20(16,2)18-13-6-7-14-19(18)21-17-11-4-3-5-12-17/h3-16H,1-2H3. The molecule has 3 rings (SSSR count). The fraction of sp³-hybridized carbons (Fsp3) is 0.200. The second kappa shape index (κ2) is 5.95. The average Bonchev–Trinajstić information content (AvgIpc) is 2.52. The van der Waals surface area contributed by atoms with Gasteiger partial charge in [-0.3, -0.25) is 0 Å². The molecule has 106 valence electrons. The lowest BCUT2D eigenvalue weighted by Crippen LogP contribution is -2.28. The highest BCUT2D eigenvalue weighted by Gasteiger charge is 2.32. The number of hydrogen-bond acceptors (Lipinski definition) is 1. The van der Waals surface area contributed by atoms with E-state index >= 15 is 0 Å². The molecule has 2 aromatic rings. The molecule has 0 aliphatic heterocycles. The molecule has 0 spiro atoms. The molecule has 0 saturated heterocycles. The minimum absolute atomic E-state index is 0.0626. The van der Waals surface area contributed by atoms with E-state index in [1.165, 1.54) is 15.4 Å². The summed E-state index contributed by atoms with van der Waals surface area (Å²) in [6.07, 6.45) is 8.95. The number of benzene rings is 2. The molecule has 2 atom stereocenters. The smallest absolute Gasteiger partial charge is 0.0178 e. The van der Waals surface area contributed by atoms with Crippen LogP contribution in [0.15, 0.2) is 88.7 Å². The third-order valence-electron chi connectivity index (χ3n) is 4.34. The molecule has 0 heterocycles. The van der Waals surface area contributed by atoms with Crippen LogP contribution < -0.4 is 0 Å². The summed E-state index contributed by atoms with van der Waals surface area (Å²) in [4.78, 5) is 2.63. The molecule has 2 unspecified atom stereocenters. The Morgan fingerprint density at radius 1 is 0.905 bits per heavy atom. The highest BCUT2D eigenvalue weighted by atomic mass is 32.2. The maximum absolute atomic E-state index is 2.34. The summed E-state index contributed by atoms with van der Waals surface area (Å²) in [5.74, 6) is 0.500. The molecule has 0 fully saturated rings. The van der Waals surface area contributed by atoms with E-state index in [2.05, 4.69) is 92.7 Å². The molecule has 1 aliphatic carbocycles. The van der Waals surface area contributed by atoms with Gasteiger partial charge in [-0.1, -0.05) is 86.3 Å². The van der Waals surface area contributed by atoms with Crippen LogP contribution in [-0.2, 0) is 5.41 Å². The Balaban J connectivity index is 2.00. The molecular formula is C20H20S. The van der Waals surface area contributed by atoms with Crippen molar-refractivity contribution < 1.29 is 0 Å². The van der Waals surface area contributed by atoms with Gasteiger partial charge in [-0.2, -0.15) is 0 Å². The molecule has 0 amide bonds. The van der Waals surface area contributed by atoms with Gasteiger partial charge in [-0.25, -0.2) is 0 Å². The lowest BCUT2D eigenvalue weighted by molar-refractivity contribution is 0.450.